The molecule has 2 rings (SSSR count). The van der Waals surface area contributed by atoms with E-state index in [2.05, 4.69) is 34.4 Å². The van der Waals surface area contributed by atoms with Crippen LogP contribution < -0.4 is 10.6 Å². The average molecular weight is 305 g/mol. The van der Waals surface area contributed by atoms with Crippen molar-refractivity contribution in [3.05, 3.63) is 47.2 Å². The number of rotatable bonds is 5. The molecular formula is C15H17ClN4O. The molecule has 110 valence electrons. The molecule has 2 aromatic rings. The lowest BCUT2D eigenvalue weighted by Crippen LogP contribution is -2.16. The summed E-state index contributed by atoms with van der Waals surface area (Å²) in [4.78, 5) is 20.4. The molecule has 0 saturated heterocycles. The molecular weight excluding hydrogens is 288 g/mol. The van der Waals surface area contributed by atoms with Crippen LogP contribution in [-0.4, -0.2) is 22.4 Å². The first-order valence-electron chi connectivity index (χ1n) is 6.68. The largest absolute Gasteiger partial charge is 0.354 e. The number of benzene rings is 1. The van der Waals surface area contributed by atoms with E-state index < -0.39 is 0 Å². The Morgan fingerprint density at radius 1 is 1.33 bits per heavy atom. The molecule has 0 unspecified atom stereocenters. The average Bonchev–Trinajstić information content (AvgIpc) is 2.45. The molecule has 0 aliphatic rings. The molecule has 1 amide bonds. The van der Waals surface area contributed by atoms with Crippen molar-refractivity contribution < 1.29 is 4.79 Å². The minimum Gasteiger partial charge on any atom is -0.354 e. The number of hydrogen-bond acceptors (Lipinski definition) is 4. The van der Waals surface area contributed by atoms with Crippen molar-refractivity contribution >= 4 is 29.1 Å². The molecule has 0 radical (unpaired) electrons. The van der Waals surface area contributed by atoms with Crippen LogP contribution in [0.25, 0.3) is 0 Å². The molecule has 0 spiro atoms. The van der Waals surface area contributed by atoms with Crippen LogP contribution in [0.15, 0.2) is 36.5 Å². The first-order valence-corrected chi connectivity index (χ1v) is 7.06. The molecule has 0 aliphatic carbocycles. The zero-order chi connectivity index (χ0) is 15.2. The summed E-state index contributed by atoms with van der Waals surface area (Å²) in [6, 6.07) is 8.53. The van der Waals surface area contributed by atoms with Crippen molar-refractivity contribution in [1.82, 2.24) is 9.97 Å². The third-order valence-corrected chi connectivity index (χ3v) is 2.87. The Hall–Kier alpha value is -2.14. The molecule has 6 heteroatoms. The van der Waals surface area contributed by atoms with Crippen molar-refractivity contribution in [2.75, 3.05) is 17.2 Å². The van der Waals surface area contributed by atoms with Gasteiger partial charge in [-0.3, -0.25) is 4.79 Å². The predicted octanol–water partition coefficient (Wildman–Crippen LogP) is 3.45. The Morgan fingerprint density at radius 3 is 2.86 bits per heavy atom. The predicted molar refractivity (Wildman–Crippen MR) is 84.8 cm³/mol. The first kappa shape index (κ1) is 15.3. The lowest BCUT2D eigenvalue weighted by Gasteiger charge is -2.09. The standard InChI is InChI=1S/C15H17ClN4O/c1-10(2)9-18-15-17-7-6-13(20-15)14(21)19-12-5-3-4-11(16)8-12/h3-8,10H,9H2,1-2H3,(H,19,21)(H,17,18,20). The molecule has 5 nitrogen and oxygen atoms in total. The van der Waals surface area contributed by atoms with Gasteiger partial charge in [0.2, 0.25) is 5.95 Å². The number of nitrogens with one attached hydrogen (secondary N) is 2. The number of carbonyl (C=O) groups is 1. The summed E-state index contributed by atoms with van der Waals surface area (Å²) in [7, 11) is 0. The van der Waals surface area contributed by atoms with E-state index in [4.69, 9.17) is 11.6 Å². The molecule has 0 fully saturated rings. The van der Waals surface area contributed by atoms with Gasteiger partial charge in [0.25, 0.3) is 5.91 Å². The van der Waals surface area contributed by atoms with Crippen molar-refractivity contribution in [2.24, 2.45) is 5.92 Å². The van der Waals surface area contributed by atoms with Crippen LogP contribution in [0, 0.1) is 5.92 Å². The SMILES string of the molecule is CC(C)CNc1nccc(C(=O)Nc2cccc(Cl)c2)n1. The van der Waals surface area contributed by atoms with Crippen molar-refractivity contribution in [3.63, 3.8) is 0 Å². The molecule has 1 aromatic carbocycles. The van der Waals surface area contributed by atoms with Gasteiger partial charge in [0.05, 0.1) is 0 Å². The highest BCUT2D eigenvalue weighted by Crippen LogP contribution is 2.15. The summed E-state index contributed by atoms with van der Waals surface area (Å²) in [5.41, 5.74) is 0.930. The van der Waals surface area contributed by atoms with E-state index in [1.54, 1.807) is 36.5 Å². The van der Waals surface area contributed by atoms with Gasteiger partial charge in [-0.05, 0) is 30.2 Å². The Labute approximate surface area is 128 Å². The Morgan fingerprint density at radius 2 is 2.14 bits per heavy atom. The lowest BCUT2D eigenvalue weighted by atomic mass is 10.2. The van der Waals surface area contributed by atoms with Gasteiger partial charge in [-0.2, -0.15) is 0 Å². The van der Waals surface area contributed by atoms with Gasteiger partial charge >= 0.3 is 0 Å². The molecule has 0 bridgehead atoms. The van der Waals surface area contributed by atoms with Crippen LogP contribution in [0.4, 0.5) is 11.6 Å². The first-order chi connectivity index (χ1) is 10.0. The van der Waals surface area contributed by atoms with Crippen molar-refractivity contribution in [1.29, 1.82) is 0 Å². The Bertz CT molecular complexity index is 631. The van der Waals surface area contributed by atoms with E-state index in [0.717, 1.165) is 6.54 Å². The second kappa shape index (κ2) is 7.04. The van der Waals surface area contributed by atoms with E-state index in [9.17, 15) is 4.79 Å². The Balaban J connectivity index is 2.07. The number of carbonyl (C=O) groups excluding carboxylic acids is 1. The molecule has 1 aromatic heterocycles. The number of amides is 1. The van der Waals surface area contributed by atoms with Crippen LogP contribution in [0.3, 0.4) is 0 Å². The normalized spacial score (nSPS) is 10.5. The van der Waals surface area contributed by atoms with Crippen LogP contribution in [0.2, 0.25) is 5.02 Å². The third-order valence-electron chi connectivity index (χ3n) is 2.64. The number of nitrogens with zero attached hydrogens (tertiary/aromatic N) is 2. The fourth-order valence-corrected chi connectivity index (χ4v) is 1.82. The summed E-state index contributed by atoms with van der Waals surface area (Å²) in [6.45, 7) is 4.92. The highest BCUT2D eigenvalue weighted by molar-refractivity contribution is 6.30. The molecule has 0 atom stereocenters. The van der Waals surface area contributed by atoms with E-state index >= 15 is 0 Å². The number of anilines is 2. The Kier molecular flexibility index (Phi) is 5.11. The summed E-state index contributed by atoms with van der Waals surface area (Å²) < 4.78 is 0. The third kappa shape index (κ3) is 4.72. The summed E-state index contributed by atoms with van der Waals surface area (Å²) >= 11 is 5.88. The number of hydrogen-bond donors (Lipinski definition) is 2. The van der Waals surface area contributed by atoms with Gasteiger partial charge in [-0.15, -0.1) is 0 Å². The quantitative estimate of drug-likeness (QED) is 0.888. The molecule has 0 aliphatic heterocycles. The lowest BCUT2D eigenvalue weighted by molar-refractivity contribution is 0.102. The topological polar surface area (TPSA) is 66.9 Å². The van der Waals surface area contributed by atoms with Crippen LogP contribution in [0.1, 0.15) is 24.3 Å². The van der Waals surface area contributed by atoms with E-state index in [-0.39, 0.29) is 5.91 Å². The van der Waals surface area contributed by atoms with Gasteiger partial charge in [0, 0.05) is 23.5 Å². The van der Waals surface area contributed by atoms with Crippen LogP contribution >= 0.6 is 11.6 Å². The summed E-state index contributed by atoms with van der Waals surface area (Å²) in [6.07, 6.45) is 1.56. The maximum Gasteiger partial charge on any atom is 0.274 e. The number of halogens is 1. The maximum absolute atomic E-state index is 12.1. The smallest absolute Gasteiger partial charge is 0.274 e. The van der Waals surface area contributed by atoms with Crippen LogP contribution in [0.5, 0.6) is 0 Å². The zero-order valence-corrected chi connectivity index (χ0v) is 12.7. The van der Waals surface area contributed by atoms with Crippen LogP contribution in [-0.2, 0) is 0 Å². The minimum absolute atomic E-state index is 0.299. The monoisotopic (exact) mass is 304 g/mol. The van der Waals surface area contributed by atoms with Gasteiger partial charge < -0.3 is 10.6 Å². The fourth-order valence-electron chi connectivity index (χ4n) is 1.63. The second-order valence-electron chi connectivity index (χ2n) is 5.00. The van der Waals surface area contributed by atoms with E-state index in [0.29, 0.717) is 28.3 Å². The van der Waals surface area contributed by atoms with Gasteiger partial charge in [-0.1, -0.05) is 31.5 Å². The second-order valence-corrected chi connectivity index (χ2v) is 5.44. The van der Waals surface area contributed by atoms with Gasteiger partial charge in [0.1, 0.15) is 5.69 Å². The van der Waals surface area contributed by atoms with Gasteiger partial charge in [-0.25, -0.2) is 9.97 Å². The van der Waals surface area contributed by atoms with E-state index in [1.165, 1.54) is 0 Å². The zero-order valence-electron chi connectivity index (χ0n) is 11.9. The summed E-state index contributed by atoms with van der Waals surface area (Å²) in [5.74, 6) is 0.618. The van der Waals surface area contributed by atoms with Crippen molar-refractivity contribution in [2.45, 2.75) is 13.8 Å². The molecule has 1 heterocycles. The van der Waals surface area contributed by atoms with Gasteiger partial charge in [0.15, 0.2) is 0 Å². The van der Waals surface area contributed by atoms with E-state index in [1.807, 2.05) is 0 Å². The maximum atomic E-state index is 12.1. The molecule has 21 heavy (non-hydrogen) atoms. The highest BCUT2D eigenvalue weighted by atomic mass is 35.5. The highest BCUT2D eigenvalue weighted by Gasteiger charge is 2.09. The minimum atomic E-state index is -0.299. The number of aromatic nitrogens is 2. The van der Waals surface area contributed by atoms with Crippen molar-refractivity contribution in [3.8, 4) is 0 Å². The fraction of sp³-hybridized carbons (Fsp3) is 0.267. The molecule has 2 N–H and O–H groups in total. The molecule has 0 saturated carbocycles. The summed E-state index contributed by atoms with van der Waals surface area (Å²) in [5, 5.41) is 6.40.